The lowest BCUT2D eigenvalue weighted by Gasteiger charge is -2.21. The zero-order valence-corrected chi connectivity index (χ0v) is 11.2. The number of fused-ring (bicyclic) bond motifs is 1. The summed E-state index contributed by atoms with van der Waals surface area (Å²) >= 11 is 0. The molecule has 0 saturated heterocycles. The van der Waals surface area contributed by atoms with Crippen molar-refractivity contribution in [2.75, 3.05) is 19.7 Å². The lowest BCUT2D eigenvalue weighted by atomic mass is 10.1. The molecule has 1 amide bonds. The van der Waals surface area contributed by atoms with Gasteiger partial charge in [-0.2, -0.15) is 0 Å². The molecule has 102 valence electrons. The molecule has 0 radical (unpaired) electrons. The summed E-state index contributed by atoms with van der Waals surface area (Å²) in [5, 5.41) is 10.1. The molecule has 19 heavy (non-hydrogen) atoms. The standard InChI is InChI=1S/C15H20N2O2/c1-2-3-8-17(9-10-18)15(19)13-4-5-14-12(11-13)6-7-16-14/h4-7,11,16,18H,2-3,8-10H2,1H3. The van der Waals surface area contributed by atoms with Crippen molar-refractivity contribution in [3.63, 3.8) is 0 Å². The summed E-state index contributed by atoms with van der Waals surface area (Å²) in [4.78, 5) is 17.2. The van der Waals surface area contributed by atoms with Crippen LogP contribution in [0.25, 0.3) is 10.9 Å². The fourth-order valence-electron chi connectivity index (χ4n) is 2.15. The van der Waals surface area contributed by atoms with Crippen LogP contribution >= 0.6 is 0 Å². The molecule has 0 unspecified atom stereocenters. The Labute approximate surface area is 113 Å². The molecule has 0 bridgehead atoms. The Morgan fingerprint density at radius 2 is 2.16 bits per heavy atom. The van der Waals surface area contributed by atoms with Crippen LogP contribution in [-0.2, 0) is 0 Å². The summed E-state index contributed by atoms with van der Waals surface area (Å²) in [6, 6.07) is 7.59. The SMILES string of the molecule is CCCCN(CCO)C(=O)c1ccc2[nH]ccc2c1. The van der Waals surface area contributed by atoms with Crippen molar-refractivity contribution in [3.05, 3.63) is 36.0 Å². The van der Waals surface area contributed by atoms with E-state index in [2.05, 4.69) is 11.9 Å². The van der Waals surface area contributed by atoms with Crippen LogP contribution in [-0.4, -0.2) is 40.6 Å². The molecular weight excluding hydrogens is 240 g/mol. The van der Waals surface area contributed by atoms with Gasteiger partial charge in [-0.05, 0) is 30.7 Å². The van der Waals surface area contributed by atoms with Crippen LogP contribution in [0.3, 0.4) is 0 Å². The van der Waals surface area contributed by atoms with Crippen molar-refractivity contribution in [2.45, 2.75) is 19.8 Å². The van der Waals surface area contributed by atoms with E-state index in [1.54, 1.807) is 4.90 Å². The second-order valence-corrected chi connectivity index (χ2v) is 4.65. The first-order valence-corrected chi connectivity index (χ1v) is 6.73. The number of aliphatic hydroxyl groups is 1. The monoisotopic (exact) mass is 260 g/mol. The van der Waals surface area contributed by atoms with Crippen molar-refractivity contribution in [1.29, 1.82) is 0 Å². The van der Waals surface area contributed by atoms with E-state index in [0.29, 0.717) is 18.7 Å². The predicted octanol–water partition coefficient (Wildman–Crippen LogP) is 2.40. The Morgan fingerprint density at radius 3 is 2.89 bits per heavy atom. The highest BCUT2D eigenvalue weighted by Crippen LogP contribution is 2.16. The van der Waals surface area contributed by atoms with Gasteiger partial charge in [-0.15, -0.1) is 0 Å². The molecule has 0 saturated carbocycles. The van der Waals surface area contributed by atoms with Gasteiger partial charge in [0.05, 0.1) is 6.61 Å². The molecular formula is C15H20N2O2. The third kappa shape index (κ3) is 3.15. The van der Waals surface area contributed by atoms with E-state index in [1.807, 2.05) is 30.5 Å². The molecule has 4 nitrogen and oxygen atoms in total. The number of unbranched alkanes of at least 4 members (excludes halogenated alkanes) is 1. The Hall–Kier alpha value is -1.81. The second-order valence-electron chi connectivity index (χ2n) is 4.65. The number of aliphatic hydroxyl groups excluding tert-OH is 1. The van der Waals surface area contributed by atoms with Crippen molar-refractivity contribution >= 4 is 16.8 Å². The summed E-state index contributed by atoms with van der Waals surface area (Å²) in [6.07, 6.45) is 3.85. The van der Waals surface area contributed by atoms with Crippen LogP contribution in [0.4, 0.5) is 0 Å². The summed E-state index contributed by atoms with van der Waals surface area (Å²) in [7, 11) is 0. The highest BCUT2D eigenvalue weighted by molar-refractivity contribution is 5.98. The van der Waals surface area contributed by atoms with E-state index >= 15 is 0 Å². The molecule has 1 aromatic heterocycles. The Kier molecular flexibility index (Phi) is 4.58. The average molecular weight is 260 g/mol. The van der Waals surface area contributed by atoms with Crippen molar-refractivity contribution in [2.24, 2.45) is 0 Å². The molecule has 0 aliphatic heterocycles. The highest BCUT2D eigenvalue weighted by atomic mass is 16.3. The molecule has 1 heterocycles. The zero-order valence-electron chi connectivity index (χ0n) is 11.2. The maximum Gasteiger partial charge on any atom is 0.253 e. The Morgan fingerprint density at radius 1 is 1.32 bits per heavy atom. The highest BCUT2D eigenvalue weighted by Gasteiger charge is 2.15. The molecule has 0 aliphatic carbocycles. The number of benzene rings is 1. The van der Waals surface area contributed by atoms with E-state index in [1.165, 1.54) is 0 Å². The fourth-order valence-corrected chi connectivity index (χ4v) is 2.15. The van der Waals surface area contributed by atoms with Crippen LogP contribution in [0.5, 0.6) is 0 Å². The van der Waals surface area contributed by atoms with Crippen LogP contribution in [0.15, 0.2) is 30.5 Å². The number of nitrogens with zero attached hydrogens (tertiary/aromatic N) is 1. The molecule has 1 aromatic carbocycles. The number of aromatic amines is 1. The van der Waals surface area contributed by atoms with Gasteiger partial charge in [0.2, 0.25) is 0 Å². The smallest absolute Gasteiger partial charge is 0.253 e. The first-order chi connectivity index (χ1) is 9.26. The predicted molar refractivity (Wildman–Crippen MR) is 76.2 cm³/mol. The first-order valence-electron chi connectivity index (χ1n) is 6.73. The summed E-state index contributed by atoms with van der Waals surface area (Å²) in [6.45, 7) is 3.18. The topological polar surface area (TPSA) is 56.3 Å². The zero-order chi connectivity index (χ0) is 13.7. The molecule has 4 heteroatoms. The first kappa shape index (κ1) is 13.6. The largest absolute Gasteiger partial charge is 0.395 e. The van der Waals surface area contributed by atoms with Crippen molar-refractivity contribution in [1.82, 2.24) is 9.88 Å². The third-order valence-corrected chi connectivity index (χ3v) is 3.24. The van der Waals surface area contributed by atoms with Crippen LogP contribution < -0.4 is 0 Å². The van der Waals surface area contributed by atoms with Gasteiger partial charge in [-0.25, -0.2) is 0 Å². The average Bonchev–Trinajstić information content (AvgIpc) is 2.90. The lowest BCUT2D eigenvalue weighted by Crippen LogP contribution is -2.34. The van der Waals surface area contributed by atoms with Crippen LogP contribution in [0.2, 0.25) is 0 Å². The molecule has 0 spiro atoms. The van der Waals surface area contributed by atoms with Gasteiger partial charge in [0.1, 0.15) is 0 Å². The Bertz CT molecular complexity index is 548. The number of amides is 1. The van der Waals surface area contributed by atoms with Crippen molar-refractivity contribution in [3.8, 4) is 0 Å². The van der Waals surface area contributed by atoms with E-state index in [4.69, 9.17) is 5.11 Å². The van der Waals surface area contributed by atoms with E-state index in [0.717, 1.165) is 23.7 Å². The molecule has 2 rings (SSSR count). The molecule has 0 atom stereocenters. The minimum Gasteiger partial charge on any atom is -0.395 e. The van der Waals surface area contributed by atoms with Gasteiger partial charge in [0.25, 0.3) is 5.91 Å². The second kappa shape index (κ2) is 6.38. The van der Waals surface area contributed by atoms with E-state index < -0.39 is 0 Å². The molecule has 0 aliphatic rings. The van der Waals surface area contributed by atoms with Gasteiger partial charge < -0.3 is 15.0 Å². The van der Waals surface area contributed by atoms with Crippen LogP contribution in [0, 0.1) is 0 Å². The minimum atomic E-state index is -0.00870. The minimum absolute atomic E-state index is 0.00184. The fraction of sp³-hybridized carbons (Fsp3) is 0.400. The van der Waals surface area contributed by atoms with Gasteiger partial charge >= 0.3 is 0 Å². The molecule has 0 fully saturated rings. The van der Waals surface area contributed by atoms with Crippen molar-refractivity contribution < 1.29 is 9.90 Å². The number of carbonyl (C=O) groups is 1. The van der Waals surface area contributed by atoms with Gasteiger partial charge in [0, 0.05) is 35.8 Å². The molecule has 2 N–H and O–H groups in total. The Balaban J connectivity index is 2.19. The number of aromatic nitrogens is 1. The van der Waals surface area contributed by atoms with Gasteiger partial charge in [-0.3, -0.25) is 4.79 Å². The lowest BCUT2D eigenvalue weighted by molar-refractivity contribution is 0.0719. The van der Waals surface area contributed by atoms with Gasteiger partial charge in [-0.1, -0.05) is 13.3 Å². The number of nitrogens with one attached hydrogen (secondary N) is 1. The number of H-pyrrole nitrogens is 1. The maximum absolute atomic E-state index is 12.4. The normalized spacial score (nSPS) is 10.8. The number of hydrogen-bond acceptors (Lipinski definition) is 2. The summed E-state index contributed by atoms with van der Waals surface area (Å²) in [5.41, 5.74) is 1.70. The van der Waals surface area contributed by atoms with Gasteiger partial charge in [0.15, 0.2) is 0 Å². The van der Waals surface area contributed by atoms with E-state index in [9.17, 15) is 4.79 Å². The maximum atomic E-state index is 12.4. The number of carbonyl (C=O) groups excluding carboxylic acids is 1. The van der Waals surface area contributed by atoms with E-state index in [-0.39, 0.29) is 12.5 Å². The van der Waals surface area contributed by atoms with Crippen LogP contribution in [0.1, 0.15) is 30.1 Å². The number of rotatable bonds is 6. The molecule has 2 aromatic rings. The summed E-state index contributed by atoms with van der Waals surface area (Å²) in [5.74, 6) is -0.00870. The third-order valence-electron chi connectivity index (χ3n) is 3.24. The summed E-state index contributed by atoms with van der Waals surface area (Å²) < 4.78 is 0. The number of hydrogen-bond donors (Lipinski definition) is 2. The quantitative estimate of drug-likeness (QED) is 0.838.